The van der Waals surface area contributed by atoms with Gasteiger partial charge >= 0.3 is 0 Å². The predicted octanol–water partition coefficient (Wildman–Crippen LogP) is 3.69. The molecule has 17 heavy (non-hydrogen) atoms. The van der Waals surface area contributed by atoms with Crippen LogP contribution in [0.5, 0.6) is 5.75 Å². The summed E-state index contributed by atoms with van der Waals surface area (Å²) in [6, 6.07) is 3.84. The lowest BCUT2D eigenvalue weighted by atomic mass is 9.82. The molecule has 0 spiro atoms. The van der Waals surface area contributed by atoms with Crippen molar-refractivity contribution < 1.29 is 9.90 Å². The fourth-order valence-corrected chi connectivity index (χ4v) is 2.12. The van der Waals surface area contributed by atoms with E-state index in [0.717, 1.165) is 23.0 Å². The minimum Gasteiger partial charge on any atom is -0.508 e. The van der Waals surface area contributed by atoms with E-state index in [0.29, 0.717) is 12.2 Å². The highest BCUT2D eigenvalue weighted by Gasteiger charge is 2.20. The number of phenolic OH excluding ortho intramolecular Hbond substituents is 1. The molecule has 0 heterocycles. The van der Waals surface area contributed by atoms with Gasteiger partial charge in [0, 0.05) is 6.42 Å². The lowest BCUT2D eigenvalue weighted by Gasteiger charge is -2.23. The van der Waals surface area contributed by atoms with Gasteiger partial charge in [-0.15, -0.1) is 0 Å². The number of hydrogen-bond donors (Lipinski definition) is 1. The van der Waals surface area contributed by atoms with Gasteiger partial charge < -0.3 is 9.90 Å². The standard InChI is InChI=1S/C15H22O2/c1-10(6-7-16)12-9-14(17)13(8-11(12)2)15(3,4)5/h7-10,17H,6H2,1-5H3. The number of aldehydes is 1. The molecule has 1 N–H and O–H groups in total. The van der Waals surface area contributed by atoms with Gasteiger partial charge in [-0.2, -0.15) is 0 Å². The van der Waals surface area contributed by atoms with E-state index in [1.807, 2.05) is 26.0 Å². The summed E-state index contributed by atoms with van der Waals surface area (Å²) >= 11 is 0. The Morgan fingerprint density at radius 3 is 2.41 bits per heavy atom. The first kappa shape index (κ1) is 13.8. The van der Waals surface area contributed by atoms with Crippen LogP contribution in [0.15, 0.2) is 12.1 Å². The summed E-state index contributed by atoms with van der Waals surface area (Å²) < 4.78 is 0. The number of hydrogen-bond acceptors (Lipinski definition) is 2. The summed E-state index contributed by atoms with van der Waals surface area (Å²) in [5.74, 6) is 0.489. The van der Waals surface area contributed by atoms with Gasteiger partial charge in [0.1, 0.15) is 12.0 Å². The quantitative estimate of drug-likeness (QED) is 0.810. The van der Waals surface area contributed by atoms with Crippen molar-refractivity contribution in [3.8, 4) is 5.75 Å². The van der Waals surface area contributed by atoms with Crippen molar-refractivity contribution in [2.45, 2.75) is 52.4 Å². The fourth-order valence-electron chi connectivity index (χ4n) is 2.12. The summed E-state index contributed by atoms with van der Waals surface area (Å²) in [4.78, 5) is 10.5. The van der Waals surface area contributed by atoms with Gasteiger partial charge in [0.05, 0.1) is 0 Å². The second-order valence-electron chi connectivity index (χ2n) is 5.78. The highest BCUT2D eigenvalue weighted by atomic mass is 16.3. The van der Waals surface area contributed by atoms with Crippen LogP contribution >= 0.6 is 0 Å². The molecular weight excluding hydrogens is 212 g/mol. The van der Waals surface area contributed by atoms with Crippen molar-refractivity contribution in [3.05, 3.63) is 28.8 Å². The lowest BCUT2D eigenvalue weighted by Crippen LogP contribution is -2.12. The van der Waals surface area contributed by atoms with E-state index in [1.165, 1.54) is 0 Å². The maximum Gasteiger partial charge on any atom is 0.120 e. The summed E-state index contributed by atoms with van der Waals surface area (Å²) in [5.41, 5.74) is 3.09. The summed E-state index contributed by atoms with van der Waals surface area (Å²) in [6.07, 6.45) is 1.42. The molecule has 94 valence electrons. The normalized spacial score (nSPS) is 13.5. The van der Waals surface area contributed by atoms with Crippen LogP contribution in [0.3, 0.4) is 0 Å². The molecule has 1 aromatic rings. The SMILES string of the molecule is Cc1cc(C(C)(C)C)c(O)cc1C(C)CC=O. The van der Waals surface area contributed by atoms with Gasteiger partial charge in [0.15, 0.2) is 0 Å². The largest absolute Gasteiger partial charge is 0.508 e. The molecule has 0 fully saturated rings. The van der Waals surface area contributed by atoms with Crippen LogP contribution < -0.4 is 0 Å². The molecule has 0 aliphatic heterocycles. The molecule has 0 aliphatic rings. The Morgan fingerprint density at radius 1 is 1.35 bits per heavy atom. The number of rotatable bonds is 3. The Morgan fingerprint density at radius 2 is 1.94 bits per heavy atom. The number of carbonyl (C=O) groups is 1. The molecule has 0 radical (unpaired) electrons. The summed E-state index contributed by atoms with van der Waals surface area (Å²) in [7, 11) is 0. The van der Waals surface area contributed by atoms with Crippen LogP contribution in [-0.2, 0) is 10.2 Å². The monoisotopic (exact) mass is 234 g/mol. The first-order valence-electron chi connectivity index (χ1n) is 6.05. The van der Waals surface area contributed by atoms with Gasteiger partial charge in [-0.1, -0.05) is 33.8 Å². The molecule has 0 aliphatic carbocycles. The minimum atomic E-state index is -0.0682. The second-order valence-corrected chi connectivity index (χ2v) is 5.78. The maximum atomic E-state index is 10.5. The Hall–Kier alpha value is -1.31. The molecule has 1 atom stereocenters. The third-order valence-electron chi connectivity index (χ3n) is 3.17. The molecular formula is C15H22O2. The van der Waals surface area contributed by atoms with Crippen molar-refractivity contribution in [2.24, 2.45) is 0 Å². The van der Waals surface area contributed by atoms with Crippen LogP contribution in [0.4, 0.5) is 0 Å². The molecule has 0 bridgehead atoms. The van der Waals surface area contributed by atoms with E-state index in [4.69, 9.17) is 0 Å². The number of phenols is 1. The minimum absolute atomic E-state index is 0.0682. The number of aromatic hydroxyl groups is 1. The number of aryl methyl sites for hydroxylation is 1. The molecule has 0 saturated carbocycles. The predicted molar refractivity (Wildman–Crippen MR) is 70.6 cm³/mol. The van der Waals surface area contributed by atoms with Crippen LogP contribution in [0, 0.1) is 6.92 Å². The molecule has 0 amide bonds. The molecule has 0 saturated heterocycles. The molecule has 2 nitrogen and oxygen atoms in total. The van der Waals surface area contributed by atoms with E-state index < -0.39 is 0 Å². The molecule has 1 aromatic carbocycles. The van der Waals surface area contributed by atoms with E-state index in [1.54, 1.807) is 0 Å². The average molecular weight is 234 g/mol. The molecule has 0 aromatic heterocycles. The average Bonchev–Trinajstić information content (AvgIpc) is 2.19. The van der Waals surface area contributed by atoms with Crippen LogP contribution in [-0.4, -0.2) is 11.4 Å². The van der Waals surface area contributed by atoms with E-state index >= 15 is 0 Å². The van der Waals surface area contributed by atoms with Crippen LogP contribution in [0.25, 0.3) is 0 Å². The Bertz CT molecular complexity index is 414. The first-order chi connectivity index (χ1) is 7.77. The van der Waals surface area contributed by atoms with Gasteiger partial charge in [-0.05, 0) is 41.0 Å². The Balaban J connectivity index is 3.23. The number of carbonyl (C=O) groups excluding carboxylic acids is 1. The second kappa shape index (κ2) is 4.91. The topological polar surface area (TPSA) is 37.3 Å². The highest BCUT2D eigenvalue weighted by molar-refractivity contribution is 5.53. The lowest BCUT2D eigenvalue weighted by molar-refractivity contribution is -0.108. The Kier molecular flexibility index (Phi) is 3.97. The maximum absolute atomic E-state index is 10.5. The van der Waals surface area contributed by atoms with Crippen molar-refractivity contribution in [1.29, 1.82) is 0 Å². The summed E-state index contributed by atoms with van der Waals surface area (Å²) in [6.45, 7) is 10.3. The molecule has 1 unspecified atom stereocenters. The smallest absolute Gasteiger partial charge is 0.120 e. The van der Waals surface area contributed by atoms with Gasteiger partial charge in [-0.3, -0.25) is 0 Å². The van der Waals surface area contributed by atoms with E-state index in [2.05, 4.69) is 20.8 Å². The van der Waals surface area contributed by atoms with Gasteiger partial charge in [0.25, 0.3) is 0 Å². The zero-order valence-electron chi connectivity index (χ0n) is 11.4. The van der Waals surface area contributed by atoms with Gasteiger partial charge in [0.2, 0.25) is 0 Å². The molecule has 2 heteroatoms. The zero-order valence-corrected chi connectivity index (χ0v) is 11.4. The van der Waals surface area contributed by atoms with Crippen molar-refractivity contribution >= 4 is 6.29 Å². The van der Waals surface area contributed by atoms with Gasteiger partial charge in [-0.25, -0.2) is 0 Å². The van der Waals surface area contributed by atoms with Crippen molar-refractivity contribution in [1.82, 2.24) is 0 Å². The van der Waals surface area contributed by atoms with Crippen LogP contribution in [0.1, 0.15) is 56.7 Å². The zero-order chi connectivity index (χ0) is 13.2. The fraction of sp³-hybridized carbons (Fsp3) is 0.533. The van der Waals surface area contributed by atoms with Crippen LogP contribution in [0.2, 0.25) is 0 Å². The highest BCUT2D eigenvalue weighted by Crippen LogP contribution is 2.35. The third-order valence-corrected chi connectivity index (χ3v) is 3.17. The third kappa shape index (κ3) is 3.09. The van der Waals surface area contributed by atoms with Crippen molar-refractivity contribution in [3.63, 3.8) is 0 Å². The van der Waals surface area contributed by atoms with Crippen molar-refractivity contribution in [2.75, 3.05) is 0 Å². The first-order valence-corrected chi connectivity index (χ1v) is 6.05. The number of benzene rings is 1. The van der Waals surface area contributed by atoms with E-state index in [-0.39, 0.29) is 11.3 Å². The Labute approximate surface area is 104 Å². The summed E-state index contributed by atoms with van der Waals surface area (Å²) in [5, 5.41) is 10.1. The van der Waals surface area contributed by atoms with E-state index in [9.17, 15) is 9.90 Å². The molecule has 1 rings (SSSR count).